The van der Waals surface area contributed by atoms with Crippen LogP contribution < -0.4 is 14.4 Å². The highest BCUT2D eigenvalue weighted by Gasteiger charge is 2.49. The molecule has 0 N–H and O–H groups in total. The quantitative estimate of drug-likeness (QED) is 0.169. The monoisotopic (exact) mass is 763 g/mol. The van der Waals surface area contributed by atoms with Gasteiger partial charge in [-0.15, -0.1) is 0 Å². The van der Waals surface area contributed by atoms with Gasteiger partial charge in [0.2, 0.25) is 0 Å². The number of benzene rings is 6. The fourth-order valence-electron chi connectivity index (χ4n) is 10.2. The molecule has 0 amide bonds. The summed E-state index contributed by atoms with van der Waals surface area (Å²) in [7, 11) is 0. The van der Waals surface area contributed by atoms with Gasteiger partial charge in [0.25, 0.3) is 0 Å². The van der Waals surface area contributed by atoms with E-state index in [0.29, 0.717) is 11.5 Å². The molecule has 4 aliphatic carbocycles. The zero-order chi connectivity index (χ0) is 38.9. The van der Waals surface area contributed by atoms with Gasteiger partial charge in [-0.25, -0.2) is 0 Å². The van der Waals surface area contributed by atoms with Crippen LogP contribution in [0.2, 0.25) is 0 Å². The van der Waals surface area contributed by atoms with Gasteiger partial charge in [-0.1, -0.05) is 121 Å². The van der Waals surface area contributed by atoms with E-state index in [1.54, 1.807) is 0 Å². The lowest BCUT2D eigenvalue weighted by Crippen LogP contribution is -2.29. The van der Waals surface area contributed by atoms with Gasteiger partial charge in [-0.3, -0.25) is 0 Å². The molecule has 5 aliphatic rings. The summed E-state index contributed by atoms with van der Waals surface area (Å²) in [5.41, 5.74) is 15.3. The minimum absolute atomic E-state index is 0.463. The second kappa shape index (κ2) is 13.5. The maximum atomic E-state index is 6.99. The lowest BCUT2D eigenvalue weighted by molar-refractivity contribution is 0.360. The molecule has 0 saturated heterocycles. The molecule has 12 rings (SSSR count). The van der Waals surface area contributed by atoms with Crippen molar-refractivity contribution in [3.8, 4) is 34.1 Å². The lowest BCUT2D eigenvalue weighted by Gasteiger charge is -2.36. The van der Waals surface area contributed by atoms with Crippen LogP contribution in [-0.4, -0.2) is 0 Å². The Bertz CT molecular complexity index is 3000. The third-order valence-electron chi connectivity index (χ3n) is 12.9. The van der Waals surface area contributed by atoms with Crippen LogP contribution in [0.5, 0.6) is 23.0 Å². The summed E-state index contributed by atoms with van der Waals surface area (Å²) in [5.74, 6) is 4.02. The SMILES string of the molecule is C1=CC(C2(c3ccccc3)c3ccccc3-c3c2ccc2c3Oc3ccc(N(C4=CC=C(C5=Cc6c(oc7ccccc67)CC5)CC4)c4ccccc4)cc3O2)=CCC1. The summed E-state index contributed by atoms with van der Waals surface area (Å²) in [6, 6.07) is 49.6. The van der Waals surface area contributed by atoms with Gasteiger partial charge in [0.1, 0.15) is 11.3 Å². The number of para-hydroxylation sites is 2. The van der Waals surface area contributed by atoms with E-state index in [9.17, 15) is 0 Å². The van der Waals surface area contributed by atoms with Crippen molar-refractivity contribution in [1.29, 1.82) is 0 Å². The highest BCUT2D eigenvalue weighted by atomic mass is 16.6. The summed E-state index contributed by atoms with van der Waals surface area (Å²) < 4.78 is 20.1. The molecule has 0 fully saturated rings. The van der Waals surface area contributed by atoms with Gasteiger partial charge in [-0.05, 0) is 120 Å². The van der Waals surface area contributed by atoms with E-state index in [4.69, 9.17) is 13.9 Å². The van der Waals surface area contributed by atoms with Crippen molar-refractivity contribution in [1.82, 2.24) is 0 Å². The summed E-state index contributed by atoms with van der Waals surface area (Å²) >= 11 is 0. The van der Waals surface area contributed by atoms with Crippen LogP contribution in [0, 0.1) is 0 Å². The first-order valence-electron chi connectivity index (χ1n) is 20.9. The molecule has 1 aliphatic heterocycles. The normalized spacial score (nSPS) is 18.4. The largest absolute Gasteiger partial charge is 0.460 e. The van der Waals surface area contributed by atoms with Gasteiger partial charge in [0, 0.05) is 46.1 Å². The van der Waals surface area contributed by atoms with Crippen molar-refractivity contribution < 1.29 is 13.9 Å². The first kappa shape index (κ1) is 34.0. The third kappa shape index (κ3) is 5.29. The van der Waals surface area contributed by atoms with Crippen LogP contribution in [0.25, 0.3) is 28.2 Å². The molecule has 1 atom stereocenters. The molecule has 0 radical (unpaired) electrons. The predicted octanol–water partition coefficient (Wildman–Crippen LogP) is 14.7. The predicted molar refractivity (Wildman–Crippen MR) is 238 cm³/mol. The molecule has 0 spiro atoms. The molecule has 284 valence electrons. The molecule has 1 aromatic heterocycles. The van der Waals surface area contributed by atoms with Crippen molar-refractivity contribution >= 4 is 28.4 Å². The molecule has 0 bridgehead atoms. The van der Waals surface area contributed by atoms with Gasteiger partial charge in [-0.2, -0.15) is 0 Å². The van der Waals surface area contributed by atoms with E-state index in [1.165, 1.54) is 55.6 Å². The molecular formula is C55H41NO3. The number of rotatable bonds is 6. The van der Waals surface area contributed by atoms with E-state index in [1.807, 2.05) is 6.07 Å². The summed E-state index contributed by atoms with van der Waals surface area (Å²) in [6.07, 6.45) is 19.9. The molecule has 0 saturated carbocycles. The van der Waals surface area contributed by atoms with E-state index in [2.05, 4.69) is 175 Å². The fourth-order valence-corrected chi connectivity index (χ4v) is 10.2. The van der Waals surface area contributed by atoms with Crippen molar-refractivity contribution in [2.24, 2.45) is 0 Å². The molecule has 2 heterocycles. The van der Waals surface area contributed by atoms with Crippen molar-refractivity contribution in [2.75, 3.05) is 4.90 Å². The minimum Gasteiger partial charge on any atom is -0.460 e. The number of nitrogens with zero attached hydrogens (tertiary/aromatic N) is 1. The Hall–Kier alpha value is -7.04. The number of furan rings is 1. The fraction of sp³-hybridized carbons (Fsp3) is 0.127. The van der Waals surface area contributed by atoms with Crippen molar-refractivity contribution in [3.05, 3.63) is 220 Å². The smallest absolute Gasteiger partial charge is 0.178 e. The van der Waals surface area contributed by atoms with E-state index < -0.39 is 5.41 Å². The highest BCUT2D eigenvalue weighted by Crippen LogP contribution is 2.63. The number of aryl methyl sites for hydroxylation is 1. The Labute approximate surface area is 344 Å². The topological polar surface area (TPSA) is 34.8 Å². The van der Waals surface area contributed by atoms with E-state index in [-0.39, 0.29) is 0 Å². The average molecular weight is 764 g/mol. The second-order valence-corrected chi connectivity index (χ2v) is 16.1. The molecule has 6 aromatic carbocycles. The number of hydrogen-bond donors (Lipinski definition) is 0. The van der Waals surface area contributed by atoms with E-state index in [0.717, 1.165) is 78.3 Å². The molecule has 7 aromatic rings. The van der Waals surface area contributed by atoms with E-state index >= 15 is 0 Å². The van der Waals surface area contributed by atoms with Crippen LogP contribution in [-0.2, 0) is 11.8 Å². The van der Waals surface area contributed by atoms with Crippen LogP contribution in [0.1, 0.15) is 60.1 Å². The molecule has 4 heteroatoms. The summed E-state index contributed by atoms with van der Waals surface area (Å²) in [5, 5.41) is 1.20. The molecule has 4 nitrogen and oxygen atoms in total. The van der Waals surface area contributed by atoms with Crippen molar-refractivity contribution in [2.45, 2.75) is 43.9 Å². The first-order valence-corrected chi connectivity index (χ1v) is 20.9. The number of ether oxygens (including phenoxy) is 2. The second-order valence-electron chi connectivity index (χ2n) is 16.1. The van der Waals surface area contributed by atoms with Crippen LogP contribution in [0.3, 0.4) is 0 Å². The lowest BCUT2D eigenvalue weighted by atomic mass is 9.66. The number of anilines is 2. The molecular weight excluding hydrogens is 723 g/mol. The number of fused-ring (bicyclic) bond motifs is 9. The van der Waals surface area contributed by atoms with Gasteiger partial charge in [0.05, 0.1) is 5.41 Å². The Kier molecular flexibility index (Phi) is 7.81. The Balaban J connectivity index is 0.918. The standard InChI is InChI=1S/C55H41NO3/c1-4-14-38(15-5-1)55(39-16-6-2-7-17-39)46-22-12-10-21-44(46)53-47(55)30-33-51-54(53)59-50-32-29-42(35-52(50)58-51)56(40-18-8-3-9-19-40)41-27-24-36(25-28-41)37-26-31-49-45(34-37)43-20-11-13-23-48(43)57-49/h1,3-6,8-24,27,29-30,32-35H,2,7,25-26,28,31H2. The Morgan fingerprint density at radius 1 is 0.576 bits per heavy atom. The Morgan fingerprint density at radius 3 is 2.22 bits per heavy atom. The molecule has 59 heavy (non-hydrogen) atoms. The van der Waals surface area contributed by atoms with Gasteiger partial charge < -0.3 is 18.8 Å². The maximum Gasteiger partial charge on any atom is 0.178 e. The zero-order valence-electron chi connectivity index (χ0n) is 32.7. The van der Waals surface area contributed by atoms with Crippen LogP contribution in [0.15, 0.2) is 197 Å². The van der Waals surface area contributed by atoms with Crippen molar-refractivity contribution in [3.63, 3.8) is 0 Å². The van der Waals surface area contributed by atoms with Gasteiger partial charge >= 0.3 is 0 Å². The Morgan fingerprint density at radius 2 is 1.37 bits per heavy atom. The van der Waals surface area contributed by atoms with Gasteiger partial charge in [0.15, 0.2) is 23.0 Å². The number of hydrogen-bond acceptors (Lipinski definition) is 4. The average Bonchev–Trinajstić information content (AvgIpc) is 3.83. The highest BCUT2D eigenvalue weighted by molar-refractivity contribution is 5.93. The van der Waals surface area contributed by atoms with Crippen LogP contribution >= 0.6 is 0 Å². The summed E-state index contributed by atoms with van der Waals surface area (Å²) in [6.45, 7) is 0. The zero-order valence-corrected chi connectivity index (χ0v) is 32.7. The third-order valence-corrected chi connectivity index (χ3v) is 12.9. The van der Waals surface area contributed by atoms with Crippen LogP contribution in [0.4, 0.5) is 11.4 Å². The number of allylic oxidation sites excluding steroid dienone is 9. The maximum absolute atomic E-state index is 6.99. The molecule has 1 unspecified atom stereocenters. The minimum atomic E-state index is -0.463. The summed E-state index contributed by atoms with van der Waals surface area (Å²) in [4.78, 5) is 2.36. The first-order chi connectivity index (χ1) is 29.2.